The van der Waals surface area contributed by atoms with Crippen LogP contribution >= 0.6 is 0 Å². The largest absolute Gasteiger partial charge is 4.00 e. The van der Waals surface area contributed by atoms with Crippen LogP contribution in [-0.4, -0.2) is 57.0 Å². The molecule has 0 aromatic carbocycles. The summed E-state index contributed by atoms with van der Waals surface area (Å²) >= 11 is 0. The maximum absolute atomic E-state index is 7.00. The van der Waals surface area contributed by atoms with E-state index in [9.17, 15) is 0 Å². The summed E-state index contributed by atoms with van der Waals surface area (Å²) in [5.41, 5.74) is 0. The zero-order valence-electron chi connectivity index (χ0n) is 13.2. The van der Waals surface area contributed by atoms with E-state index in [-0.39, 0.29) is 49.2 Å². The van der Waals surface area contributed by atoms with E-state index >= 15 is 0 Å². The summed E-state index contributed by atoms with van der Waals surface area (Å²) in [6, 6.07) is 0. The second kappa shape index (κ2) is 28.3. The van der Waals surface area contributed by atoms with E-state index in [1.54, 1.807) is 7.11 Å². The molecular formula is C13H35CeNO5+4. The number of aliphatic hydroxyl groups excluding tert-OH is 2. The molecule has 0 spiro atoms. The van der Waals surface area contributed by atoms with Crippen molar-refractivity contribution in [3.8, 4) is 0 Å². The standard InChI is InChI=1S/C10H23NO3.2CH4O.CH4.Ce/c1-5-10(3,12-4)14-13-9-7-8-11-6-2;2*1-2;;/h11H,5-9H2,1-4H3;2*2H,1H3;1H4;/q;;;;+4. The van der Waals surface area contributed by atoms with Crippen molar-refractivity contribution in [3.05, 3.63) is 0 Å². The molecule has 1 atom stereocenters. The number of hydrogen-bond donors (Lipinski definition) is 3. The van der Waals surface area contributed by atoms with Gasteiger partial charge in [0.05, 0.1) is 6.61 Å². The predicted molar refractivity (Wildman–Crippen MR) is 78.9 cm³/mol. The van der Waals surface area contributed by atoms with Crippen molar-refractivity contribution in [1.82, 2.24) is 5.32 Å². The molecule has 1 unspecified atom stereocenters. The van der Waals surface area contributed by atoms with Crippen LogP contribution in [0.4, 0.5) is 0 Å². The predicted octanol–water partition coefficient (Wildman–Crippen LogP) is 1.56. The Morgan fingerprint density at radius 2 is 1.60 bits per heavy atom. The number of nitrogens with one attached hydrogen (secondary N) is 1. The van der Waals surface area contributed by atoms with Gasteiger partial charge in [0.25, 0.3) is 0 Å². The molecule has 0 aromatic rings. The molecule has 7 heteroatoms. The average molecular weight is 426 g/mol. The van der Waals surface area contributed by atoms with Gasteiger partial charge in [0.1, 0.15) is 0 Å². The molecule has 0 aromatic heterocycles. The minimum atomic E-state index is -0.613. The molecule has 0 saturated heterocycles. The van der Waals surface area contributed by atoms with Crippen LogP contribution in [0, 0.1) is 41.7 Å². The minimum Gasteiger partial charge on any atom is -0.400 e. The molecule has 0 saturated carbocycles. The molecular weight excluding hydrogens is 390 g/mol. The molecule has 6 nitrogen and oxygen atoms in total. The topological polar surface area (TPSA) is 80.2 Å². The van der Waals surface area contributed by atoms with Crippen molar-refractivity contribution in [1.29, 1.82) is 0 Å². The van der Waals surface area contributed by atoms with Crippen LogP contribution in [0.2, 0.25) is 0 Å². The van der Waals surface area contributed by atoms with Crippen LogP contribution in [0.3, 0.4) is 0 Å². The van der Waals surface area contributed by atoms with Gasteiger partial charge in [0, 0.05) is 27.8 Å². The molecule has 20 heavy (non-hydrogen) atoms. The Morgan fingerprint density at radius 1 is 1.10 bits per heavy atom. The second-order valence-corrected chi connectivity index (χ2v) is 3.30. The molecule has 0 aliphatic rings. The smallest absolute Gasteiger partial charge is 0.400 e. The third-order valence-corrected chi connectivity index (χ3v) is 2.14. The van der Waals surface area contributed by atoms with Gasteiger partial charge in [-0.3, -0.25) is 0 Å². The Bertz CT molecular complexity index is 138. The summed E-state index contributed by atoms with van der Waals surface area (Å²) in [5.74, 6) is -0.613. The van der Waals surface area contributed by atoms with E-state index in [1.807, 2.05) is 13.8 Å². The van der Waals surface area contributed by atoms with Crippen molar-refractivity contribution in [2.24, 2.45) is 0 Å². The van der Waals surface area contributed by atoms with Crippen molar-refractivity contribution in [2.45, 2.75) is 46.8 Å². The van der Waals surface area contributed by atoms with E-state index in [2.05, 4.69) is 12.2 Å². The number of aliphatic hydroxyl groups is 2. The van der Waals surface area contributed by atoms with E-state index in [0.29, 0.717) is 6.61 Å². The van der Waals surface area contributed by atoms with Crippen LogP contribution in [0.5, 0.6) is 0 Å². The van der Waals surface area contributed by atoms with Gasteiger partial charge in [-0.05, 0) is 26.4 Å². The Balaban J connectivity index is -0.000000114. The van der Waals surface area contributed by atoms with E-state index < -0.39 is 5.79 Å². The summed E-state index contributed by atoms with van der Waals surface area (Å²) in [5, 5.41) is 17.2. The Morgan fingerprint density at radius 3 is 1.95 bits per heavy atom. The Kier molecular flexibility index (Phi) is 46.6. The molecule has 0 rings (SSSR count). The van der Waals surface area contributed by atoms with Gasteiger partial charge in [-0.1, -0.05) is 21.3 Å². The first-order valence-corrected chi connectivity index (χ1v) is 6.14. The van der Waals surface area contributed by atoms with Gasteiger partial charge in [0.2, 0.25) is 0 Å². The van der Waals surface area contributed by atoms with Crippen molar-refractivity contribution < 1.29 is 66.5 Å². The van der Waals surface area contributed by atoms with E-state index in [0.717, 1.165) is 40.2 Å². The first-order valence-electron chi connectivity index (χ1n) is 6.14. The zero-order valence-corrected chi connectivity index (χ0v) is 16.3. The van der Waals surface area contributed by atoms with Crippen LogP contribution in [-0.2, 0) is 14.5 Å². The van der Waals surface area contributed by atoms with Crippen molar-refractivity contribution >= 4 is 0 Å². The van der Waals surface area contributed by atoms with Gasteiger partial charge < -0.3 is 20.3 Å². The molecule has 122 valence electrons. The fourth-order valence-electron chi connectivity index (χ4n) is 0.836. The maximum Gasteiger partial charge on any atom is 4.00 e. The second-order valence-electron chi connectivity index (χ2n) is 3.30. The Hall–Kier alpha value is 1.14. The number of rotatable bonds is 9. The zero-order chi connectivity index (χ0) is 14.9. The molecule has 0 radical (unpaired) electrons. The summed E-state index contributed by atoms with van der Waals surface area (Å²) in [6.07, 6.45) is 1.70. The number of methoxy groups -OCH3 is 1. The molecule has 0 fully saturated rings. The average Bonchev–Trinajstić information content (AvgIpc) is 2.46. The van der Waals surface area contributed by atoms with Gasteiger partial charge in [0.15, 0.2) is 5.79 Å². The maximum atomic E-state index is 7.00. The van der Waals surface area contributed by atoms with Crippen molar-refractivity contribution in [2.75, 3.05) is 41.0 Å². The molecule has 0 aliphatic carbocycles. The third-order valence-electron chi connectivity index (χ3n) is 2.14. The molecule has 0 aliphatic heterocycles. The summed E-state index contributed by atoms with van der Waals surface area (Å²) in [4.78, 5) is 10.2. The first kappa shape index (κ1) is 32.9. The van der Waals surface area contributed by atoms with Gasteiger partial charge in [-0.15, -0.1) is 0 Å². The SMILES string of the molecule is C.CCNCCCOOC(C)(CC)OC.CO.CO.[Ce+4]. The van der Waals surface area contributed by atoms with Crippen molar-refractivity contribution in [3.63, 3.8) is 0 Å². The van der Waals surface area contributed by atoms with Gasteiger partial charge in [-0.2, -0.15) is 0 Å². The molecule has 0 heterocycles. The first-order chi connectivity index (χ1) is 8.68. The number of hydrogen-bond acceptors (Lipinski definition) is 6. The van der Waals surface area contributed by atoms with Crippen LogP contribution in [0.1, 0.15) is 41.0 Å². The Labute approximate surface area is 158 Å². The van der Waals surface area contributed by atoms with Gasteiger partial charge in [-0.25, -0.2) is 9.78 Å². The quantitative estimate of drug-likeness (QED) is 0.225. The van der Waals surface area contributed by atoms with Crippen LogP contribution in [0.25, 0.3) is 0 Å². The van der Waals surface area contributed by atoms with E-state index in [4.69, 9.17) is 24.7 Å². The summed E-state index contributed by atoms with van der Waals surface area (Å²) in [6.45, 7) is 8.46. The monoisotopic (exact) mass is 425 g/mol. The summed E-state index contributed by atoms with van der Waals surface area (Å²) < 4.78 is 5.15. The minimum absolute atomic E-state index is 0. The number of ether oxygens (including phenoxy) is 1. The molecule has 3 N–H and O–H groups in total. The normalized spacial score (nSPS) is 11.4. The fourth-order valence-corrected chi connectivity index (χ4v) is 0.836. The van der Waals surface area contributed by atoms with E-state index in [1.165, 1.54) is 0 Å². The van der Waals surface area contributed by atoms with Crippen LogP contribution in [0.15, 0.2) is 0 Å². The third kappa shape index (κ3) is 24.2. The van der Waals surface area contributed by atoms with Gasteiger partial charge >= 0.3 is 41.7 Å². The fraction of sp³-hybridized carbons (Fsp3) is 1.00. The van der Waals surface area contributed by atoms with Crippen LogP contribution < -0.4 is 5.32 Å². The summed E-state index contributed by atoms with van der Waals surface area (Å²) in [7, 11) is 3.62. The molecule has 0 amide bonds. The molecule has 0 bridgehead atoms.